The smallest absolute Gasteiger partial charge is 0.323 e. The zero-order chi connectivity index (χ0) is 13.8. The Labute approximate surface area is 117 Å². The van der Waals surface area contributed by atoms with Crippen LogP contribution < -0.4 is 0 Å². The lowest BCUT2D eigenvalue weighted by atomic mass is 10.1. The number of fused-ring (bicyclic) bond motifs is 1. The first-order chi connectivity index (χ1) is 9.11. The summed E-state index contributed by atoms with van der Waals surface area (Å²) in [4.78, 5) is 26.4. The van der Waals surface area contributed by atoms with Crippen molar-refractivity contribution >= 4 is 23.2 Å². The van der Waals surface area contributed by atoms with Crippen LogP contribution in [0, 0.1) is 0 Å². The van der Waals surface area contributed by atoms with Crippen molar-refractivity contribution in [3.63, 3.8) is 0 Å². The monoisotopic (exact) mass is 281 g/mol. The minimum absolute atomic E-state index is 0.150. The Morgan fingerprint density at radius 3 is 2.74 bits per heavy atom. The van der Waals surface area contributed by atoms with E-state index in [4.69, 9.17) is 5.11 Å². The number of likely N-dealkylation sites (N-methyl/N-ethyl adjacent to an activating group) is 1. The topological polar surface area (TPSA) is 57.6 Å². The number of amides is 1. The van der Waals surface area contributed by atoms with Crippen molar-refractivity contribution in [3.8, 4) is 0 Å². The van der Waals surface area contributed by atoms with Crippen molar-refractivity contribution in [2.75, 3.05) is 13.1 Å². The predicted molar refractivity (Wildman–Crippen MR) is 74.8 cm³/mol. The van der Waals surface area contributed by atoms with Gasteiger partial charge in [0.1, 0.15) is 6.54 Å². The van der Waals surface area contributed by atoms with Crippen LogP contribution in [0.3, 0.4) is 0 Å². The van der Waals surface area contributed by atoms with Crippen molar-refractivity contribution in [3.05, 3.63) is 21.4 Å². The Balaban J connectivity index is 2.16. The first-order valence-corrected chi connectivity index (χ1v) is 7.56. The summed E-state index contributed by atoms with van der Waals surface area (Å²) in [6.45, 7) is 2.00. The van der Waals surface area contributed by atoms with Gasteiger partial charge in [-0.25, -0.2) is 0 Å². The van der Waals surface area contributed by atoms with E-state index in [9.17, 15) is 9.59 Å². The van der Waals surface area contributed by atoms with Gasteiger partial charge in [0.2, 0.25) is 0 Å². The fourth-order valence-electron chi connectivity index (χ4n) is 2.42. The van der Waals surface area contributed by atoms with Crippen LogP contribution in [0.1, 0.15) is 46.3 Å². The van der Waals surface area contributed by atoms with Crippen LogP contribution in [0.2, 0.25) is 0 Å². The van der Waals surface area contributed by atoms with Crippen LogP contribution in [0.25, 0.3) is 0 Å². The van der Waals surface area contributed by atoms with Crippen LogP contribution in [0.15, 0.2) is 6.07 Å². The molecule has 1 N–H and O–H groups in total. The fraction of sp³-hybridized carbons (Fsp3) is 0.571. The number of aliphatic carboxylic acids is 1. The van der Waals surface area contributed by atoms with E-state index >= 15 is 0 Å². The van der Waals surface area contributed by atoms with Crippen LogP contribution in [0.5, 0.6) is 0 Å². The van der Waals surface area contributed by atoms with Gasteiger partial charge >= 0.3 is 5.97 Å². The van der Waals surface area contributed by atoms with Crippen LogP contribution >= 0.6 is 11.3 Å². The molecule has 0 aromatic carbocycles. The van der Waals surface area contributed by atoms with Gasteiger partial charge in [0.05, 0.1) is 4.88 Å². The summed E-state index contributed by atoms with van der Waals surface area (Å²) in [6.07, 6.45) is 5.73. The van der Waals surface area contributed by atoms with E-state index in [-0.39, 0.29) is 12.5 Å². The van der Waals surface area contributed by atoms with Gasteiger partial charge in [-0.2, -0.15) is 0 Å². The molecular formula is C14H19NO3S. The Hall–Kier alpha value is -1.36. The molecule has 0 saturated heterocycles. The number of hydrogen-bond acceptors (Lipinski definition) is 3. The lowest BCUT2D eigenvalue weighted by molar-refractivity contribution is -0.137. The van der Waals surface area contributed by atoms with Crippen molar-refractivity contribution in [1.29, 1.82) is 0 Å². The maximum Gasteiger partial charge on any atom is 0.323 e. The Bertz CT molecular complexity index is 458. The van der Waals surface area contributed by atoms with Crippen molar-refractivity contribution in [2.24, 2.45) is 0 Å². The summed E-state index contributed by atoms with van der Waals surface area (Å²) in [5.41, 5.74) is 1.29. The summed E-state index contributed by atoms with van der Waals surface area (Å²) in [6, 6.07) is 1.97. The molecule has 104 valence electrons. The number of nitrogens with zero attached hydrogens (tertiary/aromatic N) is 1. The largest absolute Gasteiger partial charge is 0.480 e. The fourth-order valence-corrected chi connectivity index (χ4v) is 3.64. The van der Waals surface area contributed by atoms with Crippen molar-refractivity contribution in [1.82, 2.24) is 4.90 Å². The van der Waals surface area contributed by atoms with Crippen LogP contribution in [-0.2, 0) is 17.6 Å². The molecule has 0 unspecified atom stereocenters. The SMILES string of the molecule is CCN(CC(=O)O)C(=O)c1cc2c(s1)CCCCC2. The second-order valence-corrected chi connectivity index (χ2v) is 5.97. The molecule has 1 amide bonds. The van der Waals surface area contributed by atoms with Gasteiger partial charge in [-0.05, 0) is 44.2 Å². The van der Waals surface area contributed by atoms with Gasteiger partial charge in [0.15, 0.2) is 0 Å². The quantitative estimate of drug-likeness (QED) is 0.863. The molecule has 19 heavy (non-hydrogen) atoms. The maximum absolute atomic E-state index is 12.3. The molecule has 0 saturated carbocycles. The van der Waals surface area contributed by atoms with Gasteiger partial charge in [-0.3, -0.25) is 9.59 Å². The van der Waals surface area contributed by atoms with Gasteiger partial charge in [-0.15, -0.1) is 11.3 Å². The van der Waals surface area contributed by atoms with E-state index in [2.05, 4.69) is 0 Å². The predicted octanol–water partition coefficient (Wildman–Crippen LogP) is 2.56. The van der Waals surface area contributed by atoms with Gasteiger partial charge in [0.25, 0.3) is 5.91 Å². The minimum Gasteiger partial charge on any atom is -0.480 e. The molecule has 1 aliphatic carbocycles. The molecule has 0 spiro atoms. The molecule has 0 atom stereocenters. The molecule has 1 aromatic heterocycles. The molecule has 1 aromatic rings. The normalized spacial score (nSPS) is 14.6. The highest BCUT2D eigenvalue weighted by molar-refractivity contribution is 7.14. The summed E-state index contributed by atoms with van der Waals surface area (Å²) < 4.78 is 0. The standard InChI is InChI=1S/C14H19NO3S/c1-2-15(9-13(16)17)14(18)12-8-10-6-4-3-5-7-11(10)19-12/h8H,2-7,9H2,1H3,(H,16,17). The highest BCUT2D eigenvalue weighted by atomic mass is 32.1. The number of carboxylic acids is 1. The second-order valence-electron chi connectivity index (χ2n) is 4.83. The van der Waals surface area contributed by atoms with E-state index in [1.54, 1.807) is 18.3 Å². The number of aryl methyl sites for hydroxylation is 2. The number of carbonyl (C=O) groups excluding carboxylic acids is 1. The first kappa shape index (κ1) is 14.1. The van der Waals surface area contributed by atoms with E-state index in [0.29, 0.717) is 11.4 Å². The Morgan fingerprint density at radius 1 is 1.32 bits per heavy atom. The Morgan fingerprint density at radius 2 is 2.05 bits per heavy atom. The maximum atomic E-state index is 12.3. The third-order valence-corrected chi connectivity index (χ3v) is 4.68. The van der Waals surface area contributed by atoms with E-state index < -0.39 is 5.97 Å². The van der Waals surface area contributed by atoms with E-state index in [1.165, 1.54) is 34.6 Å². The molecule has 1 heterocycles. The van der Waals surface area contributed by atoms with Crippen molar-refractivity contribution in [2.45, 2.75) is 39.0 Å². The molecule has 2 rings (SSSR count). The molecular weight excluding hydrogens is 262 g/mol. The molecule has 4 nitrogen and oxygen atoms in total. The van der Waals surface area contributed by atoms with Crippen LogP contribution in [0.4, 0.5) is 0 Å². The molecule has 0 aliphatic heterocycles. The number of hydrogen-bond donors (Lipinski definition) is 1. The van der Waals surface area contributed by atoms with Gasteiger partial charge < -0.3 is 10.0 Å². The molecule has 5 heteroatoms. The third kappa shape index (κ3) is 3.35. The number of rotatable bonds is 4. The first-order valence-electron chi connectivity index (χ1n) is 6.74. The van der Waals surface area contributed by atoms with Crippen LogP contribution in [-0.4, -0.2) is 35.0 Å². The lowest BCUT2D eigenvalue weighted by Crippen LogP contribution is -2.35. The lowest BCUT2D eigenvalue weighted by Gasteiger charge is -2.17. The zero-order valence-electron chi connectivity index (χ0n) is 11.1. The highest BCUT2D eigenvalue weighted by Gasteiger charge is 2.21. The highest BCUT2D eigenvalue weighted by Crippen LogP contribution is 2.29. The minimum atomic E-state index is -0.965. The Kier molecular flexibility index (Phi) is 4.58. The third-order valence-electron chi connectivity index (χ3n) is 3.45. The van der Waals surface area contributed by atoms with E-state index in [1.807, 2.05) is 6.07 Å². The number of thiophene rings is 1. The summed E-state index contributed by atoms with van der Waals surface area (Å²) in [5.74, 6) is -1.11. The van der Waals surface area contributed by atoms with Gasteiger partial charge in [0, 0.05) is 11.4 Å². The molecule has 0 radical (unpaired) electrons. The van der Waals surface area contributed by atoms with E-state index in [0.717, 1.165) is 12.8 Å². The average molecular weight is 281 g/mol. The second kappa shape index (κ2) is 6.19. The summed E-state index contributed by atoms with van der Waals surface area (Å²) in [5, 5.41) is 8.82. The number of carboxylic acid groups (broad SMARTS) is 1. The zero-order valence-corrected chi connectivity index (χ0v) is 12.0. The summed E-state index contributed by atoms with van der Waals surface area (Å²) >= 11 is 1.54. The van der Waals surface area contributed by atoms with Gasteiger partial charge in [-0.1, -0.05) is 6.42 Å². The molecule has 0 bridgehead atoms. The molecule has 1 aliphatic rings. The van der Waals surface area contributed by atoms with Crippen molar-refractivity contribution < 1.29 is 14.7 Å². The summed E-state index contributed by atoms with van der Waals surface area (Å²) in [7, 11) is 0. The average Bonchev–Trinajstić information content (AvgIpc) is 2.66. The number of carbonyl (C=O) groups is 2. The molecule has 0 fully saturated rings.